The highest BCUT2D eigenvalue weighted by Crippen LogP contribution is 2.34. The van der Waals surface area contributed by atoms with E-state index in [1.165, 1.54) is 10.8 Å². The smallest absolute Gasteiger partial charge is 0.164 e. The number of ether oxygens (including phenoxy) is 2. The summed E-state index contributed by atoms with van der Waals surface area (Å²) < 4.78 is 12.2. The lowest BCUT2D eigenvalue weighted by atomic mass is 9.93. The van der Waals surface area contributed by atoms with Crippen molar-refractivity contribution in [1.29, 1.82) is 0 Å². The van der Waals surface area contributed by atoms with Crippen molar-refractivity contribution >= 4 is 21.5 Å². The molecule has 1 heterocycles. The Labute approximate surface area is 194 Å². The molecule has 0 spiro atoms. The number of benzene rings is 4. The van der Waals surface area contributed by atoms with Crippen LogP contribution in [0, 0.1) is 0 Å². The molecule has 33 heavy (non-hydrogen) atoms. The average molecular weight is 443 g/mol. The van der Waals surface area contributed by atoms with Gasteiger partial charge in [0.05, 0.1) is 12.2 Å². The number of aliphatic hydroxyl groups is 2. The third-order valence-electron chi connectivity index (χ3n) is 6.44. The summed E-state index contributed by atoms with van der Waals surface area (Å²) in [6.07, 6.45) is -2.00. The zero-order valence-corrected chi connectivity index (χ0v) is 19.0. The molecule has 4 aromatic carbocycles. The lowest BCUT2D eigenvalue weighted by Gasteiger charge is -2.26. The van der Waals surface area contributed by atoms with Crippen LogP contribution in [0.15, 0.2) is 84.9 Å². The predicted octanol–water partition coefficient (Wildman–Crippen LogP) is 5.02. The topological polar surface area (TPSA) is 58.9 Å². The Morgan fingerprint density at radius 2 is 1.03 bits per heavy atom. The molecule has 0 amide bonds. The van der Waals surface area contributed by atoms with E-state index < -0.39 is 30.2 Å². The highest BCUT2D eigenvalue weighted by atomic mass is 16.8. The minimum atomic E-state index is -0.871. The maximum absolute atomic E-state index is 11.1. The van der Waals surface area contributed by atoms with E-state index in [9.17, 15) is 10.2 Å². The van der Waals surface area contributed by atoms with Gasteiger partial charge < -0.3 is 19.7 Å². The van der Waals surface area contributed by atoms with E-state index in [1.54, 1.807) is 0 Å². The van der Waals surface area contributed by atoms with Crippen molar-refractivity contribution in [3.05, 3.63) is 96.1 Å². The summed E-state index contributed by atoms with van der Waals surface area (Å²) in [7, 11) is 0. The zero-order valence-electron chi connectivity index (χ0n) is 19.0. The van der Waals surface area contributed by atoms with Crippen molar-refractivity contribution in [1.82, 2.24) is 0 Å². The molecule has 170 valence electrons. The lowest BCUT2D eigenvalue weighted by Crippen LogP contribution is -2.44. The van der Waals surface area contributed by atoms with Crippen molar-refractivity contribution < 1.29 is 19.7 Å². The number of rotatable bonds is 6. The Morgan fingerprint density at radius 1 is 0.636 bits per heavy atom. The van der Waals surface area contributed by atoms with Crippen molar-refractivity contribution in [3.63, 3.8) is 0 Å². The van der Waals surface area contributed by atoms with Crippen molar-refractivity contribution in [2.45, 2.75) is 56.9 Å². The summed E-state index contributed by atoms with van der Waals surface area (Å²) in [5.74, 6) is -0.871. The van der Waals surface area contributed by atoms with Gasteiger partial charge in [-0.2, -0.15) is 0 Å². The molecule has 4 heteroatoms. The van der Waals surface area contributed by atoms with Gasteiger partial charge in [0, 0.05) is 12.8 Å². The van der Waals surface area contributed by atoms with Gasteiger partial charge in [0.15, 0.2) is 5.79 Å². The fraction of sp³-hybridized carbons (Fsp3) is 0.310. The third kappa shape index (κ3) is 4.80. The standard InChI is InChI=1S/C29H30O4/c1-29(2)32-27(25(30)17-19-11-13-21-7-3-5-9-23(21)15-19)28(33-29)26(31)18-20-12-14-22-8-4-6-10-24(22)16-20/h3-16,25-28,30-31H,17-18H2,1-2H3/t25-,26-,27-,28-/m1/s1. The predicted molar refractivity (Wildman–Crippen MR) is 131 cm³/mol. The molecule has 5 rings (SSSR count). The number of aliphatic hydroxyl groups excluding tert-OH is 2. The number of hydrogen-bond acceptors (Lipinski definition) is 4. The van der Waals surface area contributed by atoms with Crippen LogP contribution in [0.5, 0.6) is 0 Å². The van der Waals surface area contributed by atoms with Crippen LogP contribution in [-0.2, 0) is 22.3 Å². The minimum absolute atomic E-state index is 0.425. The molecule has 0 unspecified atom stereocenters. The normalized spacial score (nSPS) is 21.9. The number of hydrogen-bond donors (Lipinski definition) is 2. The van der Waals surface area contributed by atoms with E-state index in [0.29, 0.717) is 12.8 Å². The quantitative estimate of drug-likeness (QED) is 0.440. The second-order valence-corrected chi connectivity index (χ2v) is 9.47. The van der Waals surface area contributed by atoms with Crippen LogP contribution in [0.3, 0.4) is 0 Å². The minimum Gasteiger partial charge on any atom is -0.390 e. The van der Waals surface area contributed by atoms with Gasteiger partial charge >= 0.3 is 0 Å². The Bertz CT molecular complexity index is 1170. The largest absolute Gasteiger partial charge is 0.390 e. The van der Waals surface area contributed by atoms with Crippen molar-refractivity contribution in [3.8, 4) is 0 Å². The molecule has 4 aromatic rings. The molecule has 0 aromatic heterocycles. The molecule has 4 nitrogen and oxygen atoms in total. The summed E-state index contributed by atoms with van der Waals surface area (Å²) in [4.78, 5) is 0. The fourth-order valence-corrected chi connectivity index (χ4v) is 4.86. The molecule has 0 saturated carbocycles. The molecule has 1 saturated heterocycles. The van der Waals surface area contributed by atoms with Gasteiger partial charge in [-0.1, -0.05) is 84.9 Å². The second-order valence-electron chi connectivity index (χ2n) is 9.47. The van der Waals surface area contributed by atoms with E-state index in [2.05, 4.69) is 48.5 Å². The Hall–Kier alpha value is -2.76. The molecule has 0 aliphatic carbocycles. The molecule has 1 aliphatic rings. The van der Waals surface area contributed by atoms with E-state index >= 15 is 0 Å². The highest BCUT2D eigenvalue weighted by molar-refractivity contribution is 5.83. The first-order valence-corrected chi connectivity index (χ1v) is 11.6. The molecule has 0 radical (unpaired) electrons. The van der Waals surface area contributed by atoms with E-state index in [-0.39, 0.29) is 0 Å². The van der Waals surface area contributed by atoms with E-state index in [1.807, 2.05) is 50.2 Å². The van der Waals surface area contributed by atoms with Gasteiger partial charge in [0.25, 0.3) is 0 Å². The van der Waals surface area contributed by atoms with Crippen LogP contribution in [0.25, 0.3) is 21.5 Å². The first-order chi connectivity index (χ1) is 15.9. The Kier molecular flexibility index (Phi) is 5.94. The Balaban J connectivity index is 1.33. The average Bonchev–Trinajstić information content (AvgIpc) is 3.15. The van der Waals surface area contributed by atoms with Crippen LogP contribution < -0.4 is 0 Å². The van der Waals surface area contributed by atoms with Crippen LogP contribution >= 0.6 is 0 Å². The van der Waals surface area contributed by atoms with Crippen LogP contribution in [0.4, 0.5) is 0 Å². The van der Waals surface area contributed by atoms with Gasteiger partial charge in [-0.05, 0) is 46.5 Å². The summed E-state index contributed by atoms with van der Waals surface area (Å²) in [6, 6.07) is 28.7. The maximum Gasteiger partial charge on any atom is 0.164 e. The Morgan fingerprint density at radius 3 is 1.45 bits per heavy atom. The molecule has 1 aliphatic heterocycles. The zero-order chi connectivity index (χ0) is 23.0. The van der Waals surface area contributed by atoms with Crippen molar-refractivity contribution in [2.75, 3.05) is 0 Å². The second kappa shape index (κ2) is 8.88. The van der Waals surface area contributed by atoms with Crippen LogP contribution in [0.1, 0.15) is 25.0 Å². The summed E-state index contributed by atoms with van der Waals surface area (Å²) in [6.45, 7) is 3.65. The lowest BCUT2D eigenvalue weighted by molar-refractivity contribution is -0.160. The molecular weight excluding hydrogens is 412 g/mol. The summed E-state index contributed by atoms with van der Waals surface area (Å²) in [5.41, 5.74) is 2.05. The van der Waals surface area contributed by atoms with Gasteiger partial charge in [0.2, 0.25) is 0 Å². The monoisotopic (exact) mass is 442 g/mol. The van der Waals surface area contributed by atoms with Gasteiger partial charge in [-0.15, -0.1) is 0 Å². The van der Waals surface area contributed by atoms with Crippen LogP contribution in [0.2, 0.25) is 0 Å². The van der Waals surface area contributed by atoms with Crippen LogP contribution in [-0.4, -0.2) is 40.4 Å². The number of fused-ring (bicyclic) bond motifs is 2. The maximum atomic E-state index is 11.1. The van der Waals surface area contributed by atoms with E-state index in [4.69, 9.17) is 9.47 Å². The van der Waals surface area contributed by atoms with Crippen molar-refractivity contribution in [2.24, 2.45) is 0 Å². The van der Waals surface area contributed by atoms with Gasteiger partial charge in [0.1, 0.15) is 12.2 Å². The molecular formula is C29H30O4. The molecule has 1 fully saturated rings. The fourth-order valence-electron chi connectivity index (χ4n) is 4.86. The van der Waals surface area contributed by atoms with Gasteiger partial charge in [-0.25, -0.2) is 0 Å². The SMILES string of the molecule is CC1(C)O[C@H]([C@H](O)Cc2ccc3ccccc3c2)[C@@H]([C@H](O)Cc2ccc3ccccc3c2)O1. The first-order valence-electron chi connectivity index (χ1n) is 11.6. The molecule has 0 bridgehead atoms. The summed E-state index contributed by atoms with van der Waals surface area (Å²) >= 11 is 0. The molecule has 4 atom stereocenters. The summed E-state index contributed by atoms with van der Waals surface area (Å²) in [5, 5.41) is 26.8. The molecule has 2 N–H and O–H groups in total. The van der Waals surface area contributed by atoms with Gasteiger partial charge in [-0.3, -0.25) is 0 Å². The van der Waals surface area contributed by atoms with E-state index in [0.717, 1.165) is 21.9 Å². The highest BCUT2D eigenvalue weighted by Gasteiger charge is 2.47. The third-order valence-corrected chi connectivity index (χ3v) is 6.44. The first kappa shape index (κ1) is 22.1.